The van der Waals surface area contributed by atoms with E-state index in [-0.39, 0.29) is 0 Å². The van der Waals surface area contributed by atoms with Gasteiger partial charge in [-0.05, 0) is 46.9 Å². The summed E-state index contributed by atoms with van der Waals surface area (Å²) in [4.78, 5) is 0. The maximum Gasteiger partial charge on any atom is 0.153 e. The molecule has 0 aliphatic carbocycles. The van der Waals surface area contributed by atoms with Crippen LogP contribution in [0.2, 0.25) is 5.02 Å². The molecule has 0 amide bonds. The normalized spacial score (nSPS) is 11.3. The Kier molecular flexibility index (Phi) is 2.14. The highest BCUT2D eigenvalue weighted by molar-refractivity contribution is 14.1. The van der Waals surface area contributed by atoms with Crippen LogP contribution in [0.3, 0.4) is 0 Å². The molecule has 3 aromatic rings. The average molecular weight is 329 g/mol. The molecule has 0 bridgehead atoms. The van der Waals surface area contributed by atoms with Gasteiger partial charge in [-0.2, -0.15) is 0 Å². The van der Waals surface area contributed by atoms with Crippen molar-refractivity contribution in [2.45, 2.75) is 0 Å². The number of hydrogen-bond donors (Lipinski definition) is 0. The second-order valence-electron chi connectivity index (χ2n) is 3.36. The molecule has 0 unspecified atom stereocenters. The van der Waals surface area contributed by atoms with Crippen LogP contribution in [-0.4, -0.2) is 0 Å². The Morgan fingerprint density at radius 1 is 1.07 bits per heavy atom. The van der Waals surface area contributed by atoms with Crippen molar-refractivity contribution in [1.82, 2.24) is 0 Å². The van der Waals surface area contributed by atoms with E-state index in [1.807, 2.05) is 30.3 Å². The van der Waals surface area contributed by atoms with Crippen LogP contribution < -0.4 is 0 Å². The van der Waals surface area contributed by atoms with Crippen molar-refractivity contribution in [3.05, 3.63) is 45.0 Å². The zero-order valence-corrected chi connectivity index (χ0v) is 10.5. The Bertz CT molecular complexity index is 657. The second kappa shape index (κ2) is 3.39. The largest absolute Gasteiger partial charge is 0.454 e. The molecule has 0 spiro atoms. The predicted molar refractivity (Wildman–Crippen MR) is 71.4 cm³/mol. The van der Waals surface area contributed by atoms with E-state index >= 15 is 0 Å². The molecule has 3 heteroatoms. The van der Waals surface area contributed by atoms with E-state index in [0.717, 1.165) is 21.9 Å². The number of para-hydroxylation sites is 1. The van der Waals surface area contributed by atoms with E-state index in [1.54, 1.807) is 0 Å². The molecule has 0 fully saturated rings. The minimum Gasteiger partial charge on any atom is -0.454 e. The lowest BCUT2D eigenvalue weighted by Crippen LogP contribution is -1.69. The second-order valence-corrected chi connectivity index (χ2v) is 5.01. The van der Waals surface area contributed by atoms with Crippen LogP contribution in [0.15, 0.2) is 40.8 Å². The maximum absolute atomic E-state index is 6.07. The van der Waals surface area contributed by atoms with E-state index in [0.29, 0.717) is 5.02 Å². The number of furan rings is 1. The zero-order chi connectivity index (χ0) is 10.4. The highest BCUT2D eigenvalue weighted by Crippen LogP contribution is 2.33. The summed E-state index contributed by atoms with van der Waals surface area (Å²) >= 11 is 8.36. The maximum atomic E-state index is 6.07. The van der Waals surface area contributed by atoms with Crippen molar-refractivity contribution in [1.29, 1.82) is 0 Å². The molecule has 2 aromatic carbocycles. The molecule has 0 saturated heterocycles. The van der Waals surface area contributed by atoms with Crippen LogP contribution in [0.1, 0.15) is 0 Å². The molecular formula is C12H6ClIO. The molecule has 3 rings (SSSR count). The van der Waals surface area contributed by atoms with Crippen LogP contribution in [0.4, 0.5) is 0 Å². The average Bonchev–Trinajstić information content (AvgIpc) is 2.58. The van der Waals surface area contributed by atoms with Gasteiger partial charge < -0.3 is 4.42 Å². The summed E-state index contributed by atoms with van der Waals surface area (Å²) < 4.78 is 6.90. The van der Waals surface area contributed by atoms with Gasteiger partial charge in [0.15, 0.2) is 5.58 Å². The van der Waals surface area contributed by atoms with Gasteiger partial charge >= 0.3 is 0 Å². The molecule has 0 radical (unpaired) electrons. The third kappa shape index (κ3) is 1.43. The van der Waals surface area contributed by atoms with E-state index in [9.17, 15) is 0 Å². The topological polar surface area (TPSA) is 13.1 Å². The Morgan fingerprint density at radius 2 is 1.93 bits per heavy atom. The van der Waals surface area contributed by atoms with Gasteiger partial charge in [0.2, 0.25) is 0 Å². The number of rotatable bonds is 0. The van der Waals surface area contributed by atoms with Crippen LogP contribution in [0.25, 0.3) is 21.9 Å². The number of fused-ring (bicyclic) bond motifs is 3. The summed E-state index contributed by atoms with van der Waals surface area (Å²) in [5.74, 6) is 0. The highest BCUT2D eigenvalue weighted by atomic mass is 127. The van der Waals surface area contributed by atoms with Gasteiger partial charge in [-0.1, -0.05) is 23.7 Å². The Labute approximate surface area is 105 Å². The van der Waals surface area contributed by atoms with Crippen LogP contribution in [0.5, 0.6) is 0 Å². The lowest BCUT2D eigenvalue weighted by atomic mass is 10.1. The Morgan fingerprint density at radius 3 is 2.80 bits per heavy atom. The quantitative estimate of drug-likeness (QED) is 0.538. The van der Waals surface area contributed by atoms with E-state index in [2.05, 4.69) is 28.7 Å². The highest BCUT2D eigenvalue weighted by Gasteiger charge is 2.08. The summed E-state index contributed by atoms with van der Waals surface area (Å²) in [5, 5.41) is 2.87. The van der Waals surface area contributed by atoms with Crippen molar-refractivity contribution >= 4 is 56.1 Å². The van der Waals surface area contributed by atoms with Crippen molar-refractivity contribution in [3.63, 3.8) is 0 Å². The van der Waals surface area contributed by atoms with Gasteiger partial charge in [0.25, 0.3) is 0 Å². The van der Waals surface area contributed by atoms with Gasteiger partial charge in [0.05, 0.1) is 5.02 Å². The lowest BCUT2D eigenvalue weighted by molar-refractivity contribution is 0.669. The van der Waals surface area contributed by atoms with Crippen molar-refractivity contribution in [2.24, 2.45) is 0 Å². The summed E-state index contributed by atoms with van der Waals surface area (Å²) in [6.07, 6.45) is 0. The first kappa shape index (κ1) is 9.48. The smallest absolute Gasteiger partial charge is 0.153 e. The molecular weight excluding hydrogens is 322 g/mol. The molecule has 1 aromatic heterocycles. The number of halogens is 2. The van der Waals surface area contributed by atoms with Crippen LogP contribution >= 0.6 is 34.2 Å². The fourth-order valence-electron chi connectivity index (χ4n) is 1.74. The monoisotopic (exact) mass is 328 g/mol. The molecule has 0 aliphatic heterocycles. The summed E-state index contributed by atoms with van der Waals surface area (Å²) in [7, 11) is 0. The SMILES string of the molecule is Clc1cccc2c1oc1ccc(I)cc12. The molecule has 0 atom stereocenters. The molecule has 0 saturated carbocycles. The summed E-state index contributed by atoms with van der Waals surface area (Å²) in [5.41, 5.74) is 1.66. The molecule has 1 heterocycles. The number of benzene rings is 2. The van der Waals surface area contributed by atoms with Gasteiger partial charge in [0.1, 0.15) is 5.58 Å². The van der Waals surface area contributed by atoms with Crippen molar-refractivity contribution < 1.29 is 4.42 Å². The first-order valence-electron chi connectivity index (χ1n) is 4.52. The molecule has 0 N–H and O–H groups in total. The third-order valence-electron chi connectivity index (χ3n) is 2.41. The minimum absolute atomic E-state index is 0.665. The fourth-order valence-corrected chi connectivity index (χ4v) is 2.44. The van der Waals surface area contributed by atoms with Crippen molar-refractivity contribution in [2.75, 3.05) is 0 Å². The van der Waals surface area contributed by atoms with E-state index in [4.69, 9.17) is 16.0 Å². The zero-order valence-electron chi connectivity index (χ0n) is 7.63. The Hall–Kier alpha value is -0.740. The van der Waals surface area contributed by atoms with Crippen LogP contribution in [-0.2, 0) is 0 Å². The fraction of sp³-hybridized carbons (Fsp3) is 0. The van der Waals surface area contributed by atoms with Crippen molar-refractivity contribution in [3.8, 4) is 0 Å². The van der Waals surface area contributed by atoms with Gasteiger partial charge in [-0.3, -0.25) is 0 Å². The van der Waals surface area contributed by atoms with E-state index in [1.165, 1.54) is 3.57 Å². The molecule has 15 heavy (non-hydrogen) atoms. The summed E-state index contributed by atoms with van der Waals surface area (Å²) in [6.45, 7) is 0. The first-order chi connectivity index (χ1) is 7.25. The number of hydrogen-bond acceptors (Lipinski definition) is 1. The van der Waals surface area contributed by atoms with Gasteiger partial charge in [-0.15, -0.1) is 0 Å². The van der Waals surface area contributed by atoms with E-state index < -0.39 is 0 Å². The first-order valence-corrected chi connectivity index (χ1v) is 5.97. The molecule has 0 aliphatic rings. The molecule has 1 nitrogen and oxygen atoms in total. The molecule has 74 valence electrons. The third-order valence-corrected chi connectivity index (χ3v) is 3.38. The predicted octanol–water partition coefficient (Wildman–Crippen LogP) is 4.84. The summed E-state index contributed by atoms with van der Waals surface area (Å²) in [6, 6.07) is 11.9. The van der Waals surface area contributed by atoms with Gasteiger partial charge in [-0.25, -0.2) is 0 Å². The van der Waals surface area contributed by atoms with Crippen LogP contribution in [0, 0.1) is 3.57 Å². The minimum atomic E-state index is 0.665. The lowest BCUT2D eigenvalue weighted by Gasteiger charge is -1.90. The Balaban J connectivity index is 2.58. The standard InChI is InChI=1S/C12H6ClIO/c13-10-3-1-2-8-9-6-7(14)4-5-11(9)15-12(8)10/h1-6H. The van der Waals surface area contributed by atoms with Gasteiger partial charge in [0, 0.05) is 14.3 Å².